The Bertz CT molecular complexity index is 347. The molecule has 0 rings (SSSR count). The first-order valence-corrected chi connectivity index (χ1v) is 10.5. The molecular weight excluding hydrogens is 323 g/mol. The normalized spacial score (nSPS) is 14.3. The number of aliphatic hydroxyl groups excluding tert-OH is 1. The van der Waals surface area contributed by atoms with Crippen LogP contribution in [0, 0.1) is 0 Å². The van der Waals surface area contributed by atoms with Crippen LogP contribution < -0.4 is 29.6 Å². The van der Waals surface area contributed by atoms with Crippen LogP contribution in [0.3, 0.4) is 0 Å². The average Bonchev–Trinajstić information content (AvgIpc) is 2.44. The van der Waals surface area contributed by atoms with Gasteiger partial charge in [0.2, 0.25) is 0 Å². The molecule has 0 spiro atoms. The van der Waals surface area contributed by atoms with E-state index in [1.807, 2.05) is 0 Å². The molecule has 0 aliphatic heterocycles. The molecule has 0 aromatic heterocycles. The van der Waals surface area contributed by atoms with Crippen molar-refractivity contribution in [3.63, 3.8) is 0 Å². The average molecular weight is 359 g/mol. The Morgan fingerprint density at radius 3 is 1.78 bits per heavy atom. The van der Waals surface area contributed by atoms with Gasteiger partial charge in [0, 0.05) is 5.25 Å². The molecule has 6 heteroatoms. The Morgan fingerprint density at radius 2 is 1.22 bits per heavy atom. The monoisotopic (exact) mass is 358 g/mol. The SMILES string of the molecule is CCCCCCCC(CCCC(O)CCCCC)S(=O)(=O)[O-].[Na+]. The van der Waals surface area contributed by atoms with Gasteiger partial charge in [-0.1, -0.05) is 65.2 Å². The van der Waals surface area contributed by atoms with Crippen molar-refractivity contribution >= 4 is 10.1 Å². The third-order valence-corrected chi connectivity index (χ3v) is 5.53. The minimum absolute atomic E-state index is 0. The molecule has 0 radical (unpaired) electrons. The van der Waals surface area contributed by atoms with Gasteiger partial charge in [-0.25, -0.2) is 8.42 Å². The van der Waals surface area contributed by atoms with Gasteiger partial charge in [0.05, 0.1) is 16.2 Å². The molecule has 4 nitrogen and oxygen atoms in total. The second-order valence-corrected chi connectivity index (χ2v) is 8.05. The summed E-state index contributed by atoms with van der Waals surface area (Å²) < 4.78 is 34.0. The number of aliphatic hydroxyl groups is 1. The summed E-state index contributed by atoms with van der Waals surface area (Å²) in [5, 5.41) is 9.07. The van der Waals surface area contributed by atoms with Gasteiger partial charge in [0.15, 0.2) is 0 Å². The van der Waals surface area contributed by atoms with Crippen LogP contribution in [0.2, 0.25) is 0 Å². The third kappa shape index (κ3) is 16.1. The van der Waals surface area contributed by atoms with Crippen molar-refractivity contribution in [3.05, 3.63) is 0 Å². The molecule has 0 bridgehead atoms. The molecule has 0 aliphatic rings. The molecular formula is C17H35NaO4S. The number of unbranched alkanes of at least 4 members (excludes halogenated alkanes) is 6. The molecule has 23 heavy (non-hydrogen) atoms. The van der Waals surface area contributed by atoms with Crippen LogP contribution in [-0.4, -0.2) is 29.4 Å². The van der Waals surface area contributed by atoms with Crippen molar-refractivity contribution in [2.45, 2.75) is 109 Å². The maximum Gasteiger partial charge on any atom is 1.00 e. The van der Waals surface area contributed by atoms with Crippen LogP contribution in [0.4, 0.5) is 0 Å². The summed E-state index contributed by atoms with van der Waals surface area (Å²) in [6, 6.07) is 0. The van der Waals surface area contributed by atoms with E-state index < -0.39 is 15.4 Å². The zero-order valence-corrected chi connectivity index (χ0v) is 18.2. The molecule has 1 N–H and O–H groups in total. The summed E-state index contributed by atoms with van der Waals surface area (Å²) >= 11 is 0. The fourth-order valence-corrected chi connectivity index (χ4v) is 3.67. The molecule has 0 fully saturated rings. The van der Waals surface area contributed by atoms with Gasteiger partial charge in [-0.2, -0.15) is 0 Å². The second-order valence-electron chi connectivity index (χ2n) is 6.40. The fraction of sp³-hybridized carbons (Fsp3) is 1.00. The maximum absolute atomic E-state index is 11.3. The summed E-state index contributed by atoms with van der Waals surface area (Å²) in [6.07, 6.45) is 11.0. The first-order valence-electron chi connectivity index (χ1n) is 9.04. The molecule has 2 unspecified atom stereocenters. The maximum atomic E-state index is 11.3. The molecule has 0 saturated heterocycles. The Balaban J connectivity index is 0. The standard InChI is InChI=1S/C17H36O4S.Na/c1-3-5-7-8-10-14-17(22(19,20)21)15-11-13-16(18)12-9-6-4-2;/h16-18H,3-15H2,1-2H3,(H,19,20,21);/q;+1/p-1. The van der Waals surface area contributed by atoms with E-state index in [1.54, 1.807) is 0 Å². The number of rotatable bonds is 15. The van der Waals surface area contributed by atoms with Gasteiger partial charge in [0.1, 0.15) is 0 Å². The van der Waals surface area contributed by atoms with Crippen molar-refractivity contribution in [1.82, 2.24) is 0 Å². The van der Waals surface area contributed by atoms with Gasteiger partial charge >= 0.3 is 29.6 Å². The first-order chi connectivity index (χ1) is 10.4. The van der Waals surface area contributed by atoms with E-state index >= 15 is 0 Å². The van der Waals surface area contributed by atoms with Crippen LogP contribution in [0.15, 0.2) is 0 Å². The van der Waals surface area contributed by atoms with Crippen molar-refractivity contribution in [2.75, 3.05) is 0 Å². The summed E-state index contributed by atoms with van der Waals surface area (Å²) in [4.78, 5) is 0. The minimum atomic E-state index is -4.21. The third-order valence-electron chi connectivity index (χ3n) is 4.24. The predicted octanol–water partition coefficient (Wildman–Crippen LogP) is 1.38. The molecule has 0 heterocycles. The van der Waals surface area contributed by atoms with E-state index in [9.17, 15) is 18.1 Å². The number of hydrogen-bond donors (Lipinski definition) is 1. The molecule has 0 saturated carbocycles. The van der Waals surface area contributed by atoms with Crippen molar-refractivity contribution in [1.29, 1.82) is 0 Å². The van der Waals surface area contributed by atoms with E-state index in [0.717, 1.165) is 51.4 Å². The Morgan fingerprint density at radius 1 is 0.783 bits per heavy atom. The summed E-state index contributed by atoms with van der Waals surface area (Å²) in [7, 11) is -4.21. The minimum Gasteiger partial charge on any atom is -0.748 e. The molecule has 134 valence electrons. The topological polar surface area (TPSA) is 77.4 Å². The molecule has 0 aliphatic carbocycles. The molecule has 0 aromatic rings. The van der Waals surface area contributed by atoms with Gasteiger partial charge in [0.25, 0.3) is 0 Å². The van der Waals surface area contributed by atoms with Crippen molar-refractivity contribution < 1.29 is 47.6 Å². The summed E-state index contributed by atoms with van der Waals surface area (Å²) in [5.41, 5.74) is 0. The number of hydrogen-bond acceptors (Lipinski definition) is 4. The first kappa shape index (κ1) is 26.1. The molecule has 0 amide bonds. The van der Waals surface area contributed by atoms with E-state index in [0.29, 0.717) is 25.7 Å². The summed E-state index contributed by atoms with van der Waals surface area (Å²) in [6.45, 7) is 4.26. The van der Waals surface area contributed by atoms with Gasteiger partial charge < -0.3 is 9.66 Å². The van der Waals surface area contributed by atoms with E-state index in [2.05, 4.69) is 13.8 Å². The van der Waals surface area contributed by atoms with Crippen LogP contribution in [0.1, 0.15) is 97.3 Å². The van der Waals surface area contributed by atoms with Crippen LogP contribution in [0.25, 0.3) is 0 Å². The molecule has 0 aromatic carbocycles. The van der Waals surface area contributed by atoms with Crippen LogP contribution >= 0.6 is 0 Å². The smallest absolute Gasteiger partial charge is 0.748 e. The zero-order valence-electron chi connectivity index (χ0n) is 15.4. The van der Waals surface area contributed by atoms with E-state index in [4.69, 9.17) is 0 Å². The summed E-state index contributed by atoms with van der Waals surface area (Å²) in [5.74, 6) is 0. The quantitative estimate of drug-likeness (QED) is 0.272. The Hall–Kier alpha value is 0.870. The Labute approximate surface area is 165 Å². The van der Waals surface area contributed by atoms with Crippen LogP contribution in [-0.2, 0) is 10.1 Å². The fourth-order valence-electron chi connectivity index (χ4n) is 2.76. The van der Waals surface area contributed by atoms with E-state index in [1.165, 1.54) is 6.42 Å². The van der Waals surface area contributed by atoms with Gasteiger partial charge in [-0.3, -0.25) is 0 Å². The molecule has 2 atom stereocenters. The van der Waals surface area contributed by atoms with Gasteiger partial charge in [-0.15, -0.1) is 0 Å². The Kier molecular flexibility index (Phi) is 18.5. The predicted molar refractivity (Wildman–Crippen MR) is 90.9 cm³/mol. The largest absolute Gasteiger partial charge is 1.00 e. The van der Waals surface area contributed by atoms with E-state index in [-0.39, 0.29) is 35.7 Å². The van der Waals surface area contributed by atoms with Crippen LogP contribution in [0.5, 0.6) is 0 Å². The van der Waals surface area contributed by atoms with Gasteiger partial charge in [-0.05, 0) is 32.1 Å². The second kappa shape index (κ2) is 16.3. The van der Waals surface area contributed by atoms with Crippen molar-refractivity contribution in [3.8, 4) is 0 Å². The zero-order chi connectivity index (χ0) is 16.8. The van der Waals surface area contributed by atoms with Crippen molar-refractivity contribution in [2.24, 2.45) is 0 Å².